The van der Waals surface area contributed by atoms with Crippen LogP contribution in [0.1, 0.15) is 36.3 Å². The van der Waals surface area contributed by atoms with Gasteiger partial charge in [-0.25, -0.2) is 9.48 Å². The summed E-state index contributed by atoms with van der Waals surface area (Å²) in [5.41, 5.74) is 0.973. The van der Waals surface area contributed by atoms with Crippen molar-refractivity contribution in [2.75, 3.05) is 0 Å². The van der Waals surface area contributed by atoms with E-state index in [1.54, 1.807) is 42.1 Å². The third-order valence-electron chi connectivity index (χ3n) is 3.77. The normalized spacial score (nSPS) is 13.4. The molecule has 2 aromatic rings. The molecule has 0 aliphatic carbocycles. The fourth-order valence-electron chi connectivity index (χ4n) is 2.01. The molecule has 6 nitrogen and oxygen atoms in total. The first-order valence-corrected chi connectivity index (χ1v) is 7.04. The molecule has 1 atom stereocenters. The molecule has 1 heterocycles. The molecule has 0 fully saturated rings. The number of hydrogen-bond acceptors (Lipinski definition) is 3. The highest BCUT2D eigenvalue weighted by Gasteiger charge is 2.32. The Morgan fingerprint density at radius 2 is 1.91 bits per heavy atom. The Bertz CT molecular complexity index is 691. The van der Waals surface area contributed by atoms with Gasteiger partial charge in [-0.2, -0.15) is 5.10 Å². The number of carboxylic acids is 1. The lowest BCUT2D eigenvalue weighted by Crippen LogP contribution is -2.51. The summed E-state index contributed by atoms with van der Waals surface area (Å²) in [7, 11) is 0. The van der Waals surface area contributed by atoms with Crippen LogP contribution in [0.25, 0.3) is 5.69 Å². The minimum Gasteiger partial charge on any atom is -0.480 e. The zero-order valence-electron chi connectivity index (χ0n) is 12.8. The Balaban J connectivity index is 2.19. The second kappa shape index (κ2) is 6.01. The second-order valence-electron chi connectivity index (χ2n) is 5.38. The van der Waals surface area contributed by atoms with Crippen molar-refractivity contribution in [1.29, 1.82) is 0 Å². The third-order valence-corrected chi connectivity index (χ3v) is 3.77. The molecule has 1 unspecified atom stereocenters. The maximum Gasteiger partial charge on any atom is 0.329 e. The molecule has 0 saturated heterocycles. The quantitative estimate of drug-likeness (QED) is 0.886. The number of amides is 1. The van der Waals surface area contributed by atoms with Crippen LogP contribution < -0.4 is 5.32 Å². The molecule has 0 bridgehead atoms. The van der Waals surface area contributed by atoms with Crippen molar-refractivity contribution in [3.63, 3.8) is 0 Å². The Labute approximate surface area is 128 Å². The minimum atomic E-state index is -1.27. The van der Waals surface area contributed by atoms with E-state index in [-0.39, 0.29) is 0 Å². The van der Waals surface area contributed by atoms with E-state index in [1.165, 1.54) is 6.92 Å². The summed E-state index contributed by atoms with van der Waals surface area (Å²) in [6, 6.07) is 8.76. The van der Waals surface area contributed by atoms with Gasteiger partial charge in [0.1, 0.15) is 5.54 Å². The molecule has 0 aliphatic heterocycles. The number of nitrogens with one attached hydrogen (secondary N) is 1. The van der Waals surface area contributed by atoms with Crippen LogP contribution in [0.15, 0.2) is 36.5 Å². The second-order valence-corrected chi connectivity index (χ2v) is 5.38. The molecule has 1 amide bonds. The molecule has 0 saturated carbocycles. The van der Waals surface area contributed by atoms with Gasteiger partial charge in [-0.3, -0.25) is 4.79 Å². The van der Waals surface area contributed by atoms with E-state index in [9.17, 15) is 14.7 Å². The van der Waals surface area contributed by atoms with Crippen molar-refractivity contribution < 1.29 is 14.7 Å². The zero-order chi connectivity index (χ0) is 16.3. The summed E-state index contributed by atoms with van der Waals surface area (Å²) in [4.78, 5) is 23.4. The monoisotopic (exact) mass is 301 g/mol. The van der Waals surface area contributed by atoms with Crippen molar-refractivity contribution >= 4 is 11.9 Å². The van der Waals surface area contributed by atoms with Gasteiger partial charge < -0.3 is 10.4 Å². The summed E-state index contributed by atoms with van der Waals surface area (Å²) in [5, 5.41) is 16.0. The molecule has 116 valence electrons. The van der Waals surface area contributed by atoms with Gasteiger partial charge in [0.15, 0.2) is 0 Å². The van der Waals surface area contributed by atoms with Gasteiger partial charge >= 0.3 is 5.97 Å². The molecular formula is C16H19N3O3. The molecule has 0 aliphatic rings. The first kappa shape index (κ1) is 15.8. The first-order valence-electron chi connectivity index (χ1n) is 7.04. The lowest BCUT2D eigenvalue weighted by Gasteiger charge is -2.24. The number of hydrogen-bond donors (Lipinski definition) is 2. The third kappa shape index (κ3) is 3.00. The van der Waals surface area contributed by atoms with E-state index in [0.717, 1.165) is 11.4 Å². The standard InChI is InChI=1S/C16H19N3O3/c1-4-16(3,15(21)22)18-14(20)12-5-7-13(8-6-12)19-11(2)9-10-17-19/h5-10H,4H2,1-3H3,(H,18,20)(H,21,22). The molecule has 6 heteroatoms. The van der Waals surface area contributed by atoms with E-state index in [1.807, 2.05) is 13.0 Å². The van der Waals surface area contributed by atoms with Crippen LogP contribution in [0.2, 0.25) is 0 Å². The summed E-state index contributed by atoms with van der Waals surface area (Å²) in [6.45, 7) is 5.15. The smallest absolute Gasteiger partial charge is 0.329 e. The molecule has 1 aromatic carbocycles. The van der Waals surface area contributed by atoms with Crippen molar-refractivity contribution in [2.24, 2.45) is 0 Å². The van der Waals surface area contributed by atoms with Gasteiger partial charge in [0.25, 0.3) is 5.91 Å². The number of rotatable bonds is 5. The maximum absolute atomic E-state index is 12.2. The van der Waals surface area contributed by atoms with Crippen molar-refractivity contribution in [3.05, 3.63) is 47.8 Å². The van der Waals surface area contributed by atoms with Crippen LogP contribution in [-0.2, 0) is 4.79 Å². The zero-order valence-corrected chi connectivity index (χ0v) is 12.8. The van der Waals surface area contributed by atoms with Crippen molar-refractivity contribution in [1.82, 2.24) is 15.1 Å². The van der Waals surface area contributed by atoms with E-state index in [4.69, 9.17) is 0 Å². The number of aromatic nitrogens is 2. The van der Waals surface area contributed by atoms with E-state index >= 15 is 0 Å². The van der Waals surface area contributed by atoms with Gasteiger partial charge in [-0.05, 0) is 50.6 Å². The van der Waals surface area contributed by atoms with Crippen LogP contribution in [0.3, 0.4) is 0 Å². The average Bonchev–Trinajstić information content (AvgIpc) is 2.93. The molecule has 1 aromatic heterocycles. The summed E-state index contributed by atoms with van der Waals surface area (Å²) < 4.78 is 1.76. The first-order chi connectivity index (χ1) is 10.4. The Morgan fingerprint density at radius 1 is 1.27 bits per heavy atom. The average molecular weight is 301 g/mol. The lowest BCUT2D eigenvalue weighted by molar-refractivity contribution is -0.143. The van der Waals surface area contributed by atoms with Gasteiger partial charge in [-0.1, -0.05) is 6.92 Å². The van der Waals surface area contributed by atoms with Crippen LogP contribution in [-0.4, -0.2) is 32.3 Å². The number of carboxylic acid groups (broad SMARTS) is 1. The number of aliphatic carboxylic acids is 1. The molecule has 22 heavy (non-hydrogen) atoms. The van der Waals surface area contributed by atoms with E-state index in [0.29, 0.717) is 12.0 Å². The fraction of sp³-hybridized carbons (Fsp3) is 0.312. The number of carbonyl (C=O) groups is 2. The number of nitrogens with zero attached hydrogens (tertiary/aromatic N) is 2. The minimum absolute atomic E-state index is 0.304. The highest BCUT2D eigenvalue weighted by Crippen LogP contribution is 2.14. The molecule has 2 rings (SSSR count). The SMILES string of the molecule is CCC(C)(NC(=O)c1ccc(-n2nccc2C)cc1)C(=O)O. The Hall–Kier alpha value is -2.63. The predicted octanol–water partition coefficient (Wildman–Crippen LogP) is 2.16. The fourth-order valence-corrected chi connectivity index (χ4v) is 2.01. The topological polar surface area (TPSA) is 84.2 Å². The lowest BCUT2D eigenvalue weighted by atomic mass is 9.98. The molecule has 0 radical (unpaired) electrons. The van der Waals surface area contributed by atoms with Crippen molar-refractivity contribution in [2.45, 2.75) is 32.7 Å². The number of carbonyl (C=O) groups excluding carboxylic acids is 1. The largest absolute Gasteiger partial charge is 0.480 e. The summed E-state index contributed by atoms with van der Waals surface area (Å²) in [6.07, 6.45) is 2.01. The Morgan fingerprint density at radius 3 is 2.36 bits per heavy atom. The van der Waals surface area contributed by atoms with Gasteiger partial charge in [0.2, 0.25) is 0 Å². The molecule has 0 spiro atoms. The van der Waals surface area contributed by atoms with Crippen LogP contribution >= 0.6 is 0 Å². The highest BCUT2D eigenvalue weighted by molar-refractivity contribution is 5.97. The van der Waals surface area contributed by atoms with Gasteiger partial charge in [0.05, 0.1) is 5.69 Å². The van der Waals surface area contributed by atoms with Crippen LogP contribution in [0, 0.1) is 6.92 Å². The van der Waals surface area contributed by atoms with Crippen LogP contribution in [0.5, 0.6) is 0 Å². The predicted molar refractivity (Wildman–Crippen MR) is 82.1 cm³/mol. The molecule has 2 N–H and O–H groups in total. The summed E-state index contributed by atoms with van der Waals surface area (Å²) in [5.74, 6) is -1.46. The van der Waals surface area contributed by atoms with Gasteiger partial charge in [-0.15, -0.1) is 0 Å². The summed E-state index contributed by atoms with van der Waals surface area (Å²) >= 11 is 0. The number of benzene rings is 1. The van der Waals surface area contributed by atoms with Crippen molar-refractivity contribution in [3.8, 4) is 5.69 Å². The highest BCUT2D eigenvalue weighted by atomic mass is 16.4. The Kier molecular flexibility index (Phi) is 4.30. The number of aryl methyl sites for hydroxylation is 1. The van der Waals surface area contributed by atoms with E-state index in [2.05, 4.69) is 10.4 Å². The molecular weight excluding hydrogens is 282 g/mol. The van der Waals surface area contributed by atoms with Crippen LogP contribution in [0.4, 0.5) is 0 Å². The van der Waals surface area contributed by atoms with Gasteiger partial charge in [0, 0.05) is 17.5 Å². The van der Waals surface area contributed by atoms with E-state index < -0.39 is 17.4 Å². The maximum atomic E-state index is 12.2.